The average Bonchev–Trinajstić information content (AvgIpc) is 0.910. The van der Waals surface area contributed by atoms with Crippen LogP contribution < -0.4 is 20.4 Å². The number of anilines is 3. The molecule has 0 saturated carbocycles. The number of piperidine rings is 3. The third-order valence-electron chi connectivity index (χ3n) is 23.2. The highest BCUT2D eigenvalue weighted by molar-refractivity contribution is 9.09. The molecule has 22 heteroatoms. The largest absolute Gasteiger partial charge is 0.490 e. The van der Waals surface area contributed by atoms with E-state index in [1.165, 1.54) is 135 Å². The van der Waals surface area contributed by atoms with Gasteiger partial charge in [-0.1, -0.05) is 161 Å². The molecule has 584 valence electrons. The molecule has 6 aliphatic rings. The second-order valence-electron chi connectivity index (χ2n) is 33.9. The van der Waals surface area contributed by atoms with Gasteiger partial charge in [-0.2, -0.15) is 13.2 Å². The van der Waals surface area contributed by atoms with Crippen LogP contribution in [0, 0.1) is 11.8 Å². The third-order valence-corrected chi connectivity index (χ3v) is 26.5. The van der Waals surface area contributed by atoms with Crippen molar-refractivity contribution in [2.75, 3.05) is 73.5 Å². The van der Waals surface area contributed by atoms with Crippen molar-refractivity contribution < 1.29 is 52.0 Å². The van der Waals surface area contributed by atoms with Crippen molar-refractivity contribution in [2.45, 2.75) is 269 Å². The summed E-state index contributed by atoms with van der Waals surface area (Å²) in [7, 11) is 2.87. The lowest BCUT2D eigenvalue weighted by Crippen LogP contribution is -2.39. The molecule has 3 fully saturated rings. The number of nitrogens with zero attached hydrogens (tertiary/aromatic N) is 6. The number of nitrogens with two attached hydrogens (primary N) is 1. The Balaban J connectivity index is 0.000000183. The highest BCUT2D eigenvalue weighted by atomic mass is 79.9. The van der Waals surface area contributed by atoms with E-state index < -0.39 is 18.1 Å². The van der Waals surface area contributed by atoms with Crippen LogP contribution in [0.15, 0.2) is 70.7 Å². The van der Waals surface area contributed by atoms with Crippen LogP contribution in [-0.4, -0.2) is 120 Å². The molecule has 3 aliphatic heterocycles. The average molecular weight is 1590 g/mol. The number of carboxylic acid groups (broad SMARTS) is 2. The summed E-state index contributed by atoms with van der Waals surface area (Å²) in [5, 5.41) is 26.9. The second-order valence-corrected chi connectivity index (χ2v) is 37.3. The number of benzene rings is 3. The van der Waals surface area contributed by atoms with E-state index in [1.54, 1.807) is 34.0 Å². The minimum atomic E-state index is -5.08. The van der Waals surface area contributed by atoms with Crippen LogP contribution in [0.3, 0.4) is 0 Å². The first kappa shape index (κ1) is 85.7. The summed E-state index contributed by atoms with van der Waals surface area (Å²) < 4.78 is 40.9. The van der Waals surface area contributed by atoms with Gasteiger partial charge in [-0.05, 0) is 192 Å². The van der Waals surface area contributed by atoms with Gasteiger partial charge in [0.05, 0.1) is 31.3 Å². The Morgan fingerprint density at radius 2 is 0.755 bits per heavy atom. The summed E-state index contributed by atoms with van der Waals surface area (Å²) in [5.74, 6) is -2.16. The Morgan fingerprint density at radius 3 is 1.04 bits per heavy atom. The number of unbranched alkanes of at least 4 members (excludes halogenated alkanes) is 2. The van der Waals surface area contributed by atoms with Gasteiger partial charge in [0.1, 0.15) is 0 Å². The Bertz CT molecular complexity index is 3870. The number of fused-ring (bicyclic) bond motifs is 3. The minimum Gasteiger partial charge on any atom is -0.481 e. The number of hydrogen-bond acceptors (Lipinski definition) is 16. The molecule has 6 aromatic rings. The van der Waals surface area contributed by atoms with Gasteiger partial charge in [-0.25, -0.2) is 19.7 Å². The molecule has 15 nitrogen and oxygen atoms in total. The monoisotopic (exact) mass is 1590 g/mol. The van der Waals surface area contributed by atoms with E-state index in [9.17, 15) is 27.6 Å². The first-order valence-corrected chi connectivity index (χ1v) is 42.2. The Morgan fingerprint density at radius 1 is 0.472 bits per heavy atom. The zero-order valence-corrected chi connectivity index (χ0v) is 69.5. The molecule has 3 aromatic heterocycles. The number of hydrogen-bond donors (Lipinski definition) is 3. The number of esters is 2. The molecule has 4 N–H and O–H groups in total. The van der Waals surface area contributed by atoms with E-state index in [-0.39, 0.29) is 44.4 Å². The van der Waals surface area contributed by atoms with Crippen molar-refractivity contribution in [2.24, 2.45) is 17.6 Å². The predicted octanol–water partition coefficient (Wildman–Crippen LogP) is 21.2. The van der Waals surface area contributed by atoms with E-state index in [1.807, 2.05) is 0 Å². The number of aliphatic carboxylic acids is 2. The number of thiazole rings is 3. The maximum Gasteiger partial charge on any atom is 0.490 e. The number of halogens is 4. The molecular weight excluding hydrogens is 1470 g/mol. The number of methoxy groups -OCH3 is 2. The molecule has 6 heterocycles. The number of carbonyl (C=O) groups excluding carboxylic acids is 2. The maximum absolute atomic E-state index is 11.3. The zero-order valence-electron chi connectivity index (χ0n) is 65.5. The molecule has 0 radical (unpaired) electrons. The fourth-order valence-corrected chi connectivity index (χ4v) is 18.6. The fourth-order valence-electron chi connectivity index (χ4n) is 15.6. The summed E-state index contributed by atoms with van der Waals surface area (Å²) in [6.07, 6.45) is 17.8. The molecule has 0 bridgehead atoms. The summed E-state index contributed by atoms with van der Waals surface area (Å²) in [5.41, 5.74) is 23.6. The summed E-state index contributed by atoms with van der Waals surface area (Å²) in [6, 6.07) is 21.5. The summed E-state index contributed by atoms with van der Waals surface area (Å²) >= 11 is 8.51. The standard InChI is InChI=1S/C28H40N2O2S.C27H38N2O2S.C22H31N3S.C5H9BrO2.C2HF3O2/c1-27(2)14-15-28(3,4)23-18-21(10-11-22(23)27)24-19-33-26(29-24)30-16-12-20(13-17-30)8-6-7-9-25(31)32-5;1-26(2)13-14-27(3,4)22-17-20(9-10-21(22)26)23-18-32-25(28-23)29-15-11-19(12-16-29)7-5-6-8-24(30)31;1-21(2)9-10-22(3,4)18-13-15(5-6-17(18)21)19-14-26-20(24-19)25-11-7-16(23)8-12-25;1-8-5(7)3-2-4-6;3-2(4,5)1(6)7/h10-11,18-20H,6-9,12-17H2,1-5H3;9-10,17-19H,5-8,11-16H2,1-4H3,(H,30,31);5-6,13-14,16H,7-12,23H2,1-4H3;2-4H2,1H3;(H,6,7). The van der Waals surface area contributed by atoms with Gasteiger partial charge in [-0.15, -0.1) is 34.0 Å². The van der Waals surface area contributed by atoms with Crippen molar-refractivity contribution >= 4 is 89.2 Å². The van der Waals surface area contributed by atoms with Gasteiger partial charge in [0.2, 0.25) is 0 Å². The Kier molecular flexibility index (Phi) is 30.0. The molecule has 0 atom stereocenters. The van der Waals surface area contributed by atoms with E-state index in [0.717, 1.165) is 140 Å². The van der Waals surface area contributed by atoms with Gasteiger partial charge in [-0.3, -0.25) is 14.4 Å². The molecular formula is C84H119BrF3N7O8S3. The lowest BCUT2D eigenvalue weighted by Gasteiger charge is -2.42. The smallest absolute Gasteiger partial charge is 0.481 e. The van der Waals surface area contributed by atoms with Crippen molar-refractivity contribution in [1.82, 2.24) is 15.0 Å². The molecule has 0 spiro atoms. The van der Waals surface area contributed by atoms with Gasteiger partial charge >= 0.3 is 30.1 Å². The van der Waals surface area contributed by atoms with Crippen molar-refractivity contribution in [1.29, 1.82) is 0 Å². The topological polar surface area (TPSA) is 202 Å². The van der Waals surface area contributed by atoms with Crippen LogP contribution in [0.4, 0.5) is 28.6 Å². The fraction of sp³-hybridized carbons (Fsp3) is 0.631. The highest BCUT2D eigenvalue weighted by Crippen LogP contribution is 2.50. The van der Waals surface area contributed by atoms with E-state index in [2.05, 4.69) is 189 Å². The third kappa shape index (κ3) is 23.3. The molecule has 0 unspecified atom stereocenters. The van der Waals surface area contributed by atoms with Crippen molar-refractivity contribution in [3.05, 3.63) is 104 Å². The van der Waals surface area contributed by atoms with E-state index >= 15 is 0 Å². The highest BCUT2D eigenvalue weighted by Gasteiger charge is 2.41. The first-order valence-electron chi connectivity index (χ1n) is 38.4. The SMILES string of the molecule is CC1(C)CCC(C)(C)c2cc(-c3csc(N4CCC(CCCCC(=O)O)CC4)n3)ccc21.CC1(C)CCC(C)(C)c2cc(-c3csc(N4CCC(N)CC4)n3)ccc21.COC(=O)CCCBr.COC(=O)CCCCC1CCN(c2nc(-c3ccc4c(c3)C(C)(C)CCC4(C)C)cs2)CC1.O=C(O)C(F)(F)F. The lowest BCUT2D eigenvalue weighted by atomic mass is 9.63. The Hall–Kier alpha value is -5.94. The predicted molar refractivity (Wildman–Crippen MR) is 433 cm³/mol. The van der Waals surface area contributed by atoms with Crippen LogP contribution >= 0.6 is 49.9 Å². The second kappa shape index (κ2) is 37.2. The quantitative estimate of drug-likeness (QED) is 0.0392. The van der Waals surface area contributed by atoms with Crippen LogP contribution in [-0.2, 0) is 61.1 Å². The number of aromatic nitrogens is 3. The van der Waals surface area contributed by atoms with Gasteiger partial charge in [0.25, 0.3) is 0 Å². The van der Waals surface area contributed by atoms with E-state index in [4.69, 9.17) is 40.4 Å². The maximum atomic E-state index is 11.3. The summed E-state index contributed by atoms with van der Waals surface area (Å²) in [6.45, 7) is 34.9. The first-order chi connectivity index (χ1) is 49.9. The van der Waals surface area contributed by atoms with Gasteiger partial charge < -0.3 is 40.1 Å². The van der Waals surface area contributed by atoms with Gasteiger partial charge in [0, 0.05) is 103 Å². The van der Waals surface area contributed by atoms with Crippen molar-refractivity contribution in [3.8, 4) is 33.8 Å². The molecule has 3 aliphatic carbocycles. The Labute approximate surface area is 650 Å². The van der Waals surface area contributed by atoms with Crippen LogP contribution in [0.25, 0.3) is 33.8 Å². The lowest BCUT2D eigenvalue weighted by molar-refractivity contribution is -0.192. The van der Waals surface area contributed by atoms with Crippen LogP contribution in [0.2, 0.25) is 0 Å². The van der Waals surface area contributed by atoms with Crippen LogP contribution in [0.5, 0.6) is 0 Å². The number of ether oxygens (including phenoxy) is 2. The van der Waals surface area contributed by atoms with Gasteiger partial charge in [0.15, 0.2) is 15.4 Å². The molecule has 106 heavy (non-hydrogen) atoms. The normalized spacial score (nSPS) is 19.1. The minimum absolute atomic E-state index is 0.0874. The number of alkyl halides is 4. The van der Waals surface area contributed by atoms with Crippen LogP contribution in [0.1, 0.15) is 258 Å². The number of carbonyl (C=O) groups is 4. The molecule has 0 amide bonds. The number of carboxylic acids is 2. The van der Waals surface area contributed by atoms with Crippen molar-refractivity contribution in [3.63, 3.8) is 0 Å². The molecule has 3 saturated heterocycles. The molecule has 3 aromatic carbocycles. The number of rotatable bonds is 19. The summed E-state index contributed by atoms with van der Waals surface area (Å²) in [4.78, 5) is 63.5. The molecule has 12 rings (SSSR count). The zero-order chi connectivity index (χ0) is 77.6. The van der Waals surface area contributed by atoms with E-state index in [0.29, 0.717) is 25.3 Å².